The number of hydrogen-bond acceptors (Lipinski definition) is 3. The van der Waals surface area contributed by atoms with E-state index in [1.807, 2.05) is 35.2 Å². The Hall–Kier alpha value is -2.83. The van der Waals surface area contributed by atoms with E-state index in [0.717, 1.165) is 24.9 Å². The second-order valence-corrected chi connectivity index (χ2v) is 7.44. The van der Waals surface area contributed by atoms with E-state index in [2.05, 4.69) is 10.2 Å². The number of nitrogens with zero attached hydrogens (tertiary/aromatic N) is 2. The second kappa shape index (κ2) is 7.06. The van der Waals surface area contributed by atoms with Gasteiger partial charge in [-0.3, -0.25) is 19.5 Å². The summed E-state index contributed by atoms with van der Waals surface area (Å²) in [5.41, 5.74) is 0.481. The first-order valence-corrected chi connectivity index (χ1v) is 9.49. The summed E-state index contributed by atoms with van der Waals surface area (Å²) in [6.07, 6.45) is 4.64. The van der Waals surface area contributed by atoms with Crippen molar-refractivity contribution in [1.82, 2.24) is 20.0 Å². The number of nitrogens with one attached hydrogen (secondary N) is 2. The average Bonchev–Trinajstić information content (AvgIpc) is 3.27. The van der Waals surface area contributed by atoms with Crippen LogP contribution in [0.5, 0.6) is 0 Å². The van der Waals surface area contributed by atoms with Gasteiger partial charge in [0.2, 0.25) is 11.8 Å². The lowest BCUT2D eigenvalue weighted by Crippen LogP contribution is -2.61. The molecule has 1 atom stereocenters. The Morgan fingerprint density at radius 2 is 1.81 bits per heavy atom. The molecule has 7 heteroatoms. The molecule has 1 spiro atoms. The van der Waals surface area contributed by atoms with E-state index in [4.69, 9.17) is 0 Å². The molecule has 4 rings (SSSR count). The van der Waals surface area contributed by atoms with Gasteiger partial charge in [0, 0.05) is 31.4 Å². The molecule has 2 fully saturated rings. The number of carbonyl (C=O) groups is 2. The van der Waals surface area contributed by atoms with Gasteiger partial charge in [-0.1, -0.05) is 30.3 Å². The molecule has 2 N–H and O–H groups in total. The highest BCUT2D eigenvalue weighted by molar-refractivity contribution is 5.93. The maximum absolute atomic E-state index is 13.4. The van der Waals surface area contributed by atoms with Crippen LogP contribution >= 0.6 is 0 Å². The highest BCUT2D eigenvalue weighted by Gasteiger charge is 2.52. The van der Waals surface area contributed by atoms with Crippen LogP contribution in [0.4, 0.5) is 0 Å². The summed E-state index contributed by atoms with van der Waals surface area (Å²) in [7, 11) is 0. The van der Waals surface area contributed by atoms with Crippen LogP contribution in [-0.2, 0) is 22.6 Å². The fourth-order valence-corrected chi connectivity index (χ4v) is 4.47. The van der Waals surface area contributed by atoms with Crippen molar-refractivity contribution in [2.24, 2.45) is 0 Å². The third-order valence-corrected chi connectivity index (χ3v) is 5.78. The van der Waals surface area contributed by atoms with E-state index in [1.165, 1.54) is 6.20 Å². The monoisotopic (exact) mass is 368 g/mol. The average molecular weight is 368 g/mol. The summed E-state index contributed by atoms with van der Waals surface area (Å²) in [6.45, 7) is 1.86. The lowest BCUT2D eigenvalue weighted by molar-refractivity contribution is -0.155. The predicted octanol–water partition coefficient (Wildman–Crippen LogP) is 1.43. The van der Waals surface area contributed by atoms with E-state index in [-0.39, 0.29) is 23.8 Å². The number of H-pyrrole nitrogens is 2. The first-order chi connectivity index (χ1) is 13.1. The standard InChI is InChI=1S/C20H24N4O3/c25-17(12-16-13-21-22-18(16)26)24-11-5-9-20(24)8-4-10-23(19(20)27)14-15-6-2-1-3-7-15/h1-3,6-7,13H,4-5,8-12,14H2,(H2,21,22,26). The minimum absolute atomic E-state index is 0.0204. The third kappa shape index (κ3) is 3.18. The number of amides is 2. The molecule has 2 aliphatic heterocycles. The molecule has 0 bridgehead atoms. The number of aromatic nitrogens is 2. The molecule has 2 aromatic rings. The molecule has 142 valence electrons. The normalized spacial score (nSPS) is 22.6. The minimum Gasteiger partial charge on any atom is -0.336 e. The number of hydrogen-bond donors (Lipinski definition) is 2. The van der Waals surface area contributed by atoms with E-state index in [0.29, 0.717) is 31.5 Å². The highest BCUT2D eigenvalue weighted by Crippen LogP contribution is 2.39. The minimum atomic E-state index is -0.743. The lowest BCUT2D eigenvalue weighted by atomic mass is 9.85. The number of likely N-dealkylation sites (tertiary alicyclic amines) is 2. The zero-order chi connectivity index (χ0) is 18.9. The molecule has 3 heterocycles. The first kappa shape index (κ1) is 17.6. The molecule has 2 amide bonds. The number of carbonyl (C=O) groups excluding carboxylic acids is 2. The van der Waals surface area contributed by atoms with Crippen LogP contribution in [0.1, 0.15) is 36.8 Å². The van der Waals surface area contributed by atoms with Crippen LogP contribution < -0.4 is 5.56 Å². The fourth-order valence-electron chi connectivity index (χ4n) is 4.47. The third-order valence-electron chi connectivity index (χ3n) is 5.78. The molecule has 0 saturated carbocycles. The molecule has 2 aliphatic rings. The molecular weight excluding hydrogens is 344 g/mol. The number of rotatable bonds is 4. The Balaban J connectivity index is 1.54. The van der Waals surface area contributed by atoms with Gasteiger partial charge in [0.25, 0.3) is 5.56 Å². The van der Waals surface area contributed by atoms with Crippen molar-refractivity contribution in [2.75, 3.05) is 13.1 Å². The van der Waals surface area contributed by atoms with Gasteiger partial charge >= 0.3 is 0 Å². The van der Waals surface area contributed by atoms with Crippen molar-refractivity contribution >= 4 is 11.8 Å². The van der Waals surface area contributed by atoms with Crippen molar-refractivity contribution in [3.8, 4) is 0 Å². The second-order valence-electron chi connectivity index (χ2n) is 7.44. The Morgan fingerprint density at radius 3 is 2.52 bits per heavy atom. The van der Waals surface area contributed by atoms with Gasteiger partial charge in [0.1, 0.15) is 5.54 Å². The van der Waals surface area contributed by atoms with Gasteiger partial charge in [0.15, 0.2) is 0 Å². The van der Waals surface area contributed by atoms with Gasteiger partial charge in [-0.2, -0.15) is 0 Å². The largest absolute Gasteiger partial charge is 0.336 e. The van der Waals surface area contributed by atoms with Gasteiger partial charge in [-0.15, -0.1) is 0 Å². The summed E-state index contributed by atoms with van der Waals surface area (Å²) in [4.78, 5) is 41.7. The van der Waals surface area contributed by atoms with Crippen LogP contribution in [0.3, 0.4) is 0 Å². The van der Waals surface area contributed by atoms with E-state index in [1.54, 1.807) is 4.90 Å². The van der Waals surface area contributed by atoms with Gasteiger partial charge in [-0.05, 0) is 31.2 Å². The van der Waals surface area contributed by atoms with Gasteiger partial charge in [-0.25, -0.2) is 0 Å². The molecule has 7 nitrogen and oxygen atoms in total. The summed E-state index contributed by atoms with van der Waals surface area (Å²) in [5.74, 6) is -0.0982. The van der Waals surface area contributed by atoms with Crippen molar-refractivity contribution < 1.29 is 9.59 Å². The number of aromatic amines is 2. The van der Waals surface area contributed by atoms with Crippen molar-refractivity contribution in [3.05, 3.63) is 58.0 Å². The maximum Gasteiger partial charge on any atom is 0.267 e. The molecule has 1 aromatic carbocycles. The SMILES string of the molecule is O=C(Cc1c[nH][nH]c1=O)N1CCCC12CCCN(Cc1ccccc1)C2=O. The maximum atomic E-state index is 13.4. The Labute approximate surface area is 157 Å². The smallest absolute Gasteiger partial charge is 0.267 e. The highest BCUT2D eigenvalue weighted by atomic mass is 16.2. The first-order valence-electron chi connectivity index (χ1n) is 9.49. The number of piperidine rings is 1. The molecule has 27 heavy (non-hydrogen) atoms. The molecule has 0 aliphatic carbocycles. The Bertz CT molecular complexity index is 888. The van der Waals surface area contributed by atoms with Crippen LogP contribution in [0.25, 0.3) is 0 Å². The summed E-state index contributed by atoms with van der Waals surface area (Å²) >= 11 is 0. The zero-order valence-electron chi connectivity index (χ0n) is 15.2. The van der Waals surface area contributed by atoms with Gasteiger partial charge in [0.05, 0.1) is 6.42 Å². The topological polar surface area (TPSA) is 89.3 Å². The van der Waals surface area contributed by atoms with Crippen LogP contribution in [0.15, 0.2) is 41.3 Å². The number of benzene rings is 1. The predicted molar refractivity (Wildman–Crippen MR) is 99.9 cm³/mol. The van der Waals surface area contributed by atoms with Crippen molar-refractivity contribution in [3.63, 3.8) is 0 Å². The molecule has 1 aromatic heterocycles. The van der Waals surface area contributed by atoms with Crippen molar-refractivity contribution in [2.45, 2.75) is 44.2 Å². The zero-order valence-corrected chi connectivity index (χ0v) is 15.2. The quantitative estimate of drug-likeness (QED) is 0.856. The lowest BCUT2D eigenvalue weighted by Gasteiger charge is -2.44. The summed E-state index contributed by atoms with van der Waals surface area (Å²) in [5, 5.41) is 5.08. The van der Waals surface area contributed by atoms with E-state index >= 15 is 0 Å². The Morgan fingerprint density at radius 1 is 1.07 bits per heavy atom. The summed E-state index contributed by atoms with van der Waals surface area (Å²) < 4.78 is 0. The molecule has 0 radical (unpaired) electrons. The molecule has 1 unspecified atom stereocenters. The fraction of sp³-hybridized carbons (Fsp3) is 0.450. The van der Waals surface area contributed by atoms with E-state index in [9.17, 15) is 14.4 Å². The van der Waals surface area contributed by atoms with Crippen LogP contribution in [0.2, 0.25) is 0 Å². The van der Waals surface area contributed by atoms with Gasteiger partial charge < -0.3 is 14.9 Å². The summed E-state index contributed by atoms with van der Waals surface area (Å²) in [6, 6.07) is 9.94. The molecular formula is C20H24N4O3. The van der Waals surface area contributed by atoms with Crippen LogP contribution in [0, 0.1) is 0 Å². The van der Waals surface area contributed by atoms with Crippen molar-refractivity contribution in [1.29, 1.82) is 0 Å². The van der Waals surface area contributed by atoms with Crippen LogP contribution in [-0.4, -0.2) is 50.4 Å². The molecule has 2 saturated heterocycles. The van der Waals surface area contributed by atoms with E-state index < -0.39 is 5.54 Å². The Kier molecular flexibility index (Phi) is 4.59.